The number of carboxylic acid groups (broad SMARTS) is 1. The van der Waals surface area contributed by atoms with E-state index in [1.165, 1.54) is 22.7 Å². The number of nitrogens with zero attached hydrogens (tertiary/aromatic N) is 1. The van der Waals surface area contributed by atoms with Crippen LogP contribution in [0.1, 0.15) is 10.4 Å². The van der Waals surface area contributed by atoms with Gasteiger partial charge in [0.15, 0.2) is 0 Å². The molecule has 1 aliphatic heterocycles. The van der Waals surface area contributed by atoms with Crippen LogP contribution in [0.25, 0.3) is 0 Å². The van der Waals surface area contributed by atoms with E-state index in [9.17, 15) is 14.4 Å². The molecule has 2 rings (SSSR count). The van der Waals surface area contributed by atoms with Crippen LogP contribution in [-0.2, 0) is 9.59 Å². The van der Waals surface area contributed by atoms with E-state index in [1.54, 1.807) is 18.2 Å². The lowest BCUT2D eigenvalue weighted by Crippen LogP contribution is -2.46. The molecule has 0 radical (unpaired) electrons. The second-order valence-electron chi connectivity index (χ2n) is 4.41. The first-order chi connectivity index (χ1) is 9.99. The molecule has 0 saturated carbocycles. The van der Waals surface area contributed by atoms with Gasteiger partial charge >= 0.3 is 5.97 Å². The molecule has 0 aromatic heterocycles. The number of carbonyl (C=O) groups is 3. The van der Waals surface area contributed by atoms with Crippen LogP contribution in [0.5, 0.6) is 0 Å². The maximum atomic E-state index is 12.0. The van der Waals surface area contributed by atoms with E-state index < -0.39 is 23.8 Å². The molecule has 1 fully saturated rings. The van der Waals surface area contributed by atoms with Crippen molar-refractivity contribution in [2.45, 2.75) is 6.04 Å². The third-order valence-electron chi connectivity index (χ3n) is 2.97. The summed E-state index contributed by atoms with van der Waals surface area (Å²) >= 11 is 7.16. The van der Waals surface area contributed by atoms with E-state index in [0.29, 0.717) is 22.2 Å². The molecule has 1 heterocycles. The Morgan fingerprint density at radius 1 is 1.43 bits per heavy atom. The Labute approximate surface area is 130 Å². The van der Waals surface area contributed by atoms with E-state index in [4.69, 9.17) is 16.7 Å². The normalized spacial score (nSPS) is 17.6. The van der Waals surface area contributed by atoms with E-state index in [0.717, 1.165) is 0 Å². The number of rotatable bonds is 4. The van der Waals surface area contributed by atoms with Crippen LogP contribution in [-0.4, -0.2) is 52.0 Å². The molecule has 0 spiro atoms. The van der Waals surface area contributed by atoms with Crippen LogP contribution in [0.4, 0.5) is 0 Å². The molecule has 0 aliphatic carbocycles. The number of nitrogens with one attached hydrogen (secondary N) is 1. The number of carboxylic acids is 1. The predicted molar refractivity (Wildman–Crippen MR) is 79.4 cm³/mol. The first-order valence-corrected chi connectivity index (χ1v) is 7.66. The number of thioether (sulfide) groups is 1. The molecular weight excluding hydrogens is 316 g/mol. The molecule has 2 N–H and O–H groups in total. The molecule has 0 bridgehead atoms. The van der Waals surface area contributed by atoms with Crippen molar-refractivity contribution in [1.82, 2.24) is 10.2 Å². The minimum absolute atomic E-state index is 0.240. The molecule has 6 nitrogen and oxygen atoms in total. The molecule has 1 aliphatic rings. The van der Waals surface area contributed by atoms with Gasteiger partial charge in [0.05, 0.1) is 12.4 Å². The van der Waals surface area contributed by atoms with Crippen molar-refractivity contribution in [3.63, 3.8) is 0 Å². The van der Waals surface area contributed by atoms with Gasteiger partial charge in [-0.05, 0) is 18.2 Å². The zero-order valence-corrected chi connectivity index (χ0v) is 12.5. The lowest BCUT2D eigenvalue weighted by molar-refractivity contribution is -0.147. The summed E-state index contributed by atoms with van der Waals surface area (Å²) in [6, 6.07) is 5.52. The SMILES string of the molecule is O=C(NCC(=O)N1CSC[C@H]1C(=O)O)c1cccc(Cl)c1. The largest absolute Gasteiger partial charge is 0.480 e. The monoisotopic (exact) mass is 328 g/mol. The smallest absolute Gasteiger partial charge is 0.327 e. The predicted octanol–water partition coefficient (Wildman–Crippen LogP) is 1.06. The standard InChI is InChI=1S/C13H13ClN2O4S/c14-9-3-1-2-8(4-9)12(18)15-5-11(17)16-7-21-6-10(16)13(19)20/h1-4,10H,5-7H2,(H,15,18)(H,19,20)/t10-/m0/s1. The van der Waals surface area contributed by atoms with Gasteiger partial charge < -0.3 is 15.3 Å². The van der Waals surface area contributed by atoms with Gasteiger partial charge in [-0.2, -0.15) is 0 Å². The fourth-order valence-corrected chi connectivity index (χ4v) is 3.24. The lowest BCUT2D eigenvalue weighted by atomic mass is 10.2. The second kappa shape index (κ2) is 6.82. The summed E-state index contributed by atoms with van der Waals surface area (Å²) in [5.41, 5.74) is 0.348. The Morgan fingerprint density at radius 2 is 2.19 bits per heavy atom. The fourth-order valence-electron chi connectivity index (χ4n) is 1.88. The highest BCUT2D eigenvalue weighted by Crippen LogP contribution is 2.20. The van der Waals surface area contributed by atoms with Crippen LogP contribution in [0.15, 0.2) is 24.3 Å². The van der Waals surface area contributed by atoms with Crippen LogP contribution in [0.2, 0.25) is 5.02 Å². The van der Waals surface area contributed by atoms with E-state index >= 15 is 0 Å². The minimum Gasteiger partial charge on any atom is -0.480 e. The summed E-state index contributed by atoms with van der Waals surface area (Å²) in [7, 11) is 0. The summed E-state index contributed by atoms with van der Waals surface area (Å²) in [5.74, 6) is -1.19. The third kappa shape index (κ3) is 3.89. The summed E-state index contributed by atoms with van der Waals surface area (Å²) in [6.07, 6.45) is 0. The molecule has 1 atom stereocenters. The van der Waals surface area contributed by atoms with Gasteiger partial charge in [-0.25, -0.2) is 4.79 Å². The number of carbonyl (C=O) groups excluding carboxylic acids is 2. The number of hydrogen-bond acceptors (Lipinski definition) is 4. The van der Waals surface area contributed by atoms with Crippen molar-refractivity contribution in [2.75, 3.05) is 18.2 Å². The first kappa shape index (κ1) is 15.7. The van der Waals surface area contributed by atoms with Gasteiger partial charge in [0.1, 0.15) is 6.04 Å². The van der Waals surface area contributed by atoms with Crippen molar-refractivity contribution in [1.29, 1.82) is 0 Å². The Bertz CT molecular complexity index is 581. The molecule has 112 valence electrons. The Kier molecular flexibility index (Phi) is 5.08. The molecular formula is C13H13ClN2O4S. The fraction of sp³-hybridized carbons (Fsp3) is 0.308. The number of amides is 2. The minimum atomic E-state index is -1.03. The van der Waals surface area contributed by atoms with Crippen LogP contribution >= 0.6 is 23.4 Å². The molecule has 21 heavy (non-hydrogen) atoms. The average Bonchev–Trinajstić information content (AvgIpc) is 2.94. The number of aliphatic carboxylic acids is 1. The zero-order chi connectivity index (χ0) is 15.4. The Morgan fingerprint density at radius 3 is 2.86 bits per heavy atom. The van der Waals surface area contributed by atoms with Gasteiger partial charge in [0, 0.05) is 16.3 Å². The van der Waals surface area contributed by atoms with Gasteiger partial charge in [-0.15, -0.1) is 11.8 Å². The maximum Gasteiger partial charge on any atom is 0.327 e. The second-order valence-corrected chi connectivity index (χ2v) is 5.85. The van der Waals surface area contributed by atoms with E-state index in [-0.39, 0.29) is 6.54 Å². The van der Waals surface area contributed by atoms with Crippen molar-refractivity contribution >= 4 is 41.1 Å². The molecule has 0 unspecified atom stereocenters. The average molecular weight is 329 g/mol. The highest BCUT2D eigenvalue weighted by Gasteiger charge is 2.34. The molecule has 8 heteroatoms. The van der Waals surface area contributed by atoms with Crippen molar-refractivity contribution in [2.24, 2.45) is 0 Å². The maximum absolute atomic E-state index is 12.0. The van der Waals surface area contributed by atoms with Gasteiger partial charge in [0.25, 0.3) is 5.91 Å². The Hall–Kier alpha value is -1.73. The van der Waals surface area contributed by atoms with Crippen molar-refractivity contribution in [3.8, 4) is 0 Å². The molecule has 2 amide bonds. The zero-order valence-electron chi connectivity index (χ0n) is 10.9. The lowest BCUT2D eigenvalue weighted by Gasteiger charge is -2.20. The quantitative estimate of drug-likeness (QED) is 0.863. The highest BCUT2D eigenvalue weighted by atomic mass is 35.5. The van der Waals surface area contributed by atoms with Gasteiger partial charge in [-0.1, -0.05) is 17.7 Å². The first-order valence-electron chi connectivity index (χ1n) is 6.13. The van der Waals surface area contributed by atoms with E-state index in [2.05, 4.69) is 5.32 Å². The molecule has 1 saturated heterocycles. The Balaban J connectivity index is 1.92. The van der Waals surface area contributed by atoms with Gasteiger partial charge in [-0.3, -0.25) is 9.59 Å². The number of benzene rings is 1. The highest BCUT2D eigenvalue weighted by molar-refractivity contribution is 7.99. The number of hydrogen-bond donors (Lipinski definition) is 2. The van der Waals surface area contributed by atoms with E-state index in [1.807, 2.05) is 0 Å². The van der Waals surface area contributed by atoms with Gasteiger partial charge in [0.2, 0.25) is 5.91 Å². The summed E-state index contributed by atoms with van der Waals surface area (Å²) in [4.78, 5) is 36.1. The van der Waals surface area contributed by atoms with Crippen molar-refractivity contribution < 1.29 is 19.5 Å². The summed E-state index contributed by atoms with van der Waals surface area (Å²) in [6.45, 7) is -0.240. The summed E-state index contributed by atoms with van der Waals surface area (Å²) in [5, 5.41) is 11.9. The molecule has 1 aromatic carbocycles. The van der Waals surface area contributed by atoms with Crippen LogP contribution < -0.4 is 5.32 Å². The van der Waals surface area contributed by atoms with Crippen LogP contribution in [0.3, 0.4) is 0 Å². The third-order valence-corrected chi connectivity index (χ3v) is 4.22. The van der Waals surface area contributed by atoms with Crippen LogP contribution in [0, 0.1) is 0 Å². The van der Waals surface area contributed by atoms with Crippen molar-refractivity contribution in [3.05, 3.63) is 34.9 Å². The summed E-state index contributed by atoms with van der Waals surface area (Å²) < 4.78 is 0. The topological polar surface area (TPSA) is 86.7 Å². The molecule has 1 aromatic rings. The number of halogens is 1.